The lowest BCUT2D eigenvalue weighted by atomic mass is 10.0. The molecule has 0 unspecified atom stereocenters. The molecule has 6 heteroatoms. The third kappa shape index (κ3) is 6.15. The van der Waals surface area contributed by atoms with Gasteiger partial charge in [0.1, 0.15) is 18.1 Å². The third-order valence-electron chi connectivity index (χ3n) is 4.00. The van der Waals surface area contributed by atoms with E-state index in [0.717, 1.165) is 11.1 Å². The molecule has 0 aliphatic rings. The van der Waals surface area contributed by atoms with E-state index < -0.39 is 5.91 Å². The van der Waals surface area contributed by atoms with E-state index in [9.17, 15) is 4.79 Å². The minimum atomic E-state index is -0.620. The fourth-order valence-electron chi connectivity index (χ4n) is 2.56. The molecule has 28 heavy (non-hydrogen) atoms. The number of rotatable bonds is 8. The van der Waals surface area contributed by atoms with Gasteiger partial charge in [0.25, 0.3) is 5.91 Å². The summed E-state index contributed by atoms with van der Waals surface area (Å²) in [5.74, 6) is 0.700. The molecule has 0 aliphatic heterocycles. The van der Waals surface area contributed by atoms with Crippen molar-refractivity contribution in [3.05, 3.63) is 75.8 Å². The maximum absolute atomic E-state index is 11.4. The Bertz CT molecular complexity index is 869. The second-order valence-electron chi connectivity index (χ2n) is 6.37. The molecule has 0 atom stereocenters. The average molecular weight is 402 g/mol. The van der Waals surface area contributed by atoms with Crippen molar-refractivity contribution in [2.24, 2.45) is 0 Å². The van der Waals surface area contributed by atoms with Crippen molar-refractivity contribution in [1.29, 1.82) is 0 Å². The second kappa shape index (κ2) is 10.5. The van der Waals surface area contributed by atoms with Crippen molar-refractivity contribution in [2.75, 3.05) is 7.11 Å². The molecule has 0 heterocycles. The van der Waals surface area contributed by atoms with Crippen LogP contribution in [0.15, 0.2) is 54.1 Å². The van der Waals surface area contributed by atoms with Crippen molar-refractivity contribution in [3.63, 3.8) is 0 Å². The molecule has 0 saturated heterocycles. The van der Waals surface area contributed by atoms with Gasteiger partial charge in [-0.05, 0) is 56.2 Å². The highest BCUT2D eigenvalue weighted by Gasteiger charge is 2.14. The fraction of sp³-hybridized carbons (Fsp3) is 0.227. The van der Waals surface area contributed by atoms with Crippen LogP contribution in [0.5, 0.6) is 11.5 Å². The highest BCUT2D eigenvalue weighted by Crippen LogP contribution is 2.35. The summed E-state index contributed by atoms with van der Waals surface area (Å²) < 4.78 is 11.7. The van der Waals surface area contributed by atoms with Gasteiger partial charge in [-0.2, -0.15) is 0 Å². The van der Waals surface area contributed by atoms with Crippen molar-refractivity contribution < 1.29 is 19.5 Å². The summed E-state index contributed by atoms with van der Waals surface area (Å²) in [6.45, 7) is 4.38. The topological polar surface area (TPSA) is 67.8 Å². The number of methoxy groups -OCH3 is 1. The third-order valence-corrected chi connectivity index (χ3v) is 4.26. The van der Waals surface area contributed by atoms with Crippen LogP contribution in [0.1, 0.15) is 30.5 Å². The molecule has 0 bridgehead atoms. The molecule has 0 saturated carbocycles. The molecule has 0 radical (unpaired) electrons. The Kier molecular flexibility index (Phi) is 8.11. The number of carbonyl (C=O) groups excluding carboxylic acids is 1. The highest BCUT2D eigenvalue weighted by molar-refractivity contribution is 6.30. The summed E-state index contributed by atoms with van der Waals surface area (Å²) in [6.07, 6.45) is 5.53. The van der Waals surface area contributed by atoms with Gasteiger partial charge in [-0.15, -0.1) is 0 Å². The van der Waals surface area contributed by atoms with Gasteiger partial charge < -0.3 is 9.47 Å². The number of ether oxygens (including phenoxy) is 2. The number of amides is 1. The van der Waals surface area contributed by atoms with Crippen molar-refractivity contribution >= 4 is 23.6 Å². The van der Waals surface area contributed by atoms with Gasteiger partial charge in [-0.1, -0.05) is 35.4 Å². The number of carbonyl (C=O) groups is 1. The lowest BCUT2D eigenvalue weighted by Crippen LogP contribution is -2.14. The zero-order valence-electron chi connectivity index (χ0n) is 16.2. The maximum Gasteiger partial charge on any atom is 0.267 e. The van der Waals surface area contributed by atoms with E-state index >= 15 is 0 Å². The zero-order chi connectivity index (χ0) is 20.5. The van der Waals surface area contributed by atoms with Gasteiger partial charge >= 0.3 is 0 Å². The molecule has 2 rings (SSSR count). The van der Waals surface area contributed by atoms with E-state index in [4.69, 9.17) is 26.3 Å². The average Bonchev–Trinajstić information content (AvgIpc) is 2.69. The van der Waals surface area contributed by atoms with Crippen molar-refractivity contribution in [1.82, 2.24) is 5.48 Å². The van der Waals surface area contributed by atoms with Crippen LogP contribution < -0.4 is 15.0 Å². The SMILES string of the molecule is COc1ccc(/C=C/C(=O)NO)c(OCc2ccc(Cl)cc2)c1CC=C(C)C. The molecule has 2 N–H and O–H groups in total. The number of benzene rings is 2. The molecule has 2 aromatic rings. The molecule has 148 valence electrons. The Balaban J connectivity index is 2.44. The summed E-state index contributed by atoms with van der Waals surface area (Å²) in [6, 6.07) is 11.0. The number of allylic oxidation sites excluding steroid dienone is 2. The van der Waals surface area contributed by atoms with Crippen molar-refractivity contribution in [2.45, 2.75) is 26.9 Å². The molecule has 1 amide bonds. The van der Waals surface area contributed by atoms with E-state index in [1.54, 1.807) is 18.7 Å². The maximum atomic E-state index is 11.4. The van der Waals surface area contributed by atoms with Crippen LogP contribution in [0.25, 0.3) is 6.08 Å². The van der Waals surface area contributed by atoms with Crippen molar-refractivity contribution in [3.8, 4) is 11.5 Å². The smallest absolute Gasteiger partial charge is 0.267 e. The van der Waals surface area contributed by atoms with Gasteiger partial charge in [0.2, 0.25) is 0 Å². The van der Waals surface area contributed by atoms with Crippen LogP contribution >= 0.6 is 11.6 Å². The van der Waals surface area contributed by atoms with Gasteiger partial charge in [0.05, 0.1) is 7.11 Å². The normalized spacial score (nSPS) is 10.6. The van der Waals surface area contributed by atoms with E-state index in [0.29, 0.717) is 35.1 Å². The first-order valence-electron chi connectivity index (χ1n) is 8.77. The Hall–Kier alpha value is -2.76. The number of hydroxylamine groups is 1. The lowest BCUT2D eigenvalue weighted by Gasteiger charge is -2.17. The largest absolute Gasteiger partial charge is 0.496 e. The van der Waals surface area contributed by atoms with E-state index in [1.807, 2.05) is 50.2 Å². The quantitative estimate of drug-likeness (QED) is 0.284. The van der Waals surface area contributed by atoms with Crippen LogP contribution in [0, 0.1) is 0 Å². The van der Waals surface area contributed by atoms with Gasteiger partial charge in [0.15, 0.2) is 0 Å². The van der Waals surface area contributed by atoms with Crippen LogP contribution in [-0.4, -0.2) is 18.2 Å². The zero-order valence-corrected chi connectivity index (χ0v) is 16.9. The minimum Gasteiger partial charge on any atom is -0.496 e. The number of nitrogens with one attached hydrogen (secondary N) is 1. The second-order valence-corrected chi connectivity index (χ2v) is 6.81. The molecular formula is C22H24ClNO4. The first-order valence-corrected chi connectivity index (χ1v) is 9.15. The first kappa shape index (κ1) is 21.5. The lowest BCUT2D eigenvalue weighted by molar-refractivity contribution is -0.124. The molecule has 0 spiro atoms. The number of hydrogen-bond acceptors (Lipinski definition) is 4. The Morgan fingerprint density at radius 2 is 1.89 bits per heavy atom. The molecule has 0 fully saturated rings. The molecule has 0 aliphatic carbocycles. The molecule has 2 aromatic carbocycles. The minimum absolute atomic E-state index is 0.333. The number of hydrogen-bond donors (Lipinski definition) is 2. The first-order chi connectivity index (χ1) is 13.4. The van der Waals surface area contributed by atoms with Crippen LogP contribution in [0.2, 0.25) is 5.02 Å². The van der Waals surface area contributed by atoms with E-state index in [1.165, 1.54) is 11.6 Å². The van der Waals surface area contributed by atoms with Crippen LogP contribution in [0.3, 0.4) is 0 Å². The summed E-state index contributed by atoms with van der Waals surface area (Å²) in [4.78, 5) is 11.4. The van der Waals surface area contributed by atoms with Gasteiger partial charge in [0, 0.05) is 22.2 Å². The molecule has 5 nitrogen and oxygen atoms in total. The fourth-order valence-corrected chi connectivity index (χ4v) is 2.69. The predicted octanol–water partition coefficient (Wildman–Crippen LogP) is 4.95. The molecule has 0 aromatic heterocycles. The van der Waals surface area contributed by atoms with E-state index in [-0.39, 0.29) is 0 Å². The number of halogens is 1. The Morgan fingerprint density at radius 3 is 2.50 bits per heavy atom. The Labute approximate surface area is 170 Å². The van der Waals surface area contributed by atoms with Gasteiger partial charge in [-0.25, -0.2) is 5.48 Å². The van der Waals surface area contributed by atoms with Crippen LogP contribution in [-0.2, 0) is 17.8 Å². The standard InChI is InChI=1S/C22H24ClNO4/c1-15(2)4-11-19-20(27-3)12-7-17(8-13-21(25)24-26)22(19)28-14-16-5-9-18(23)10-6-16/h4-10,12-13,26H,11,14H2,1-3H3,(H,24,25)/b13-8+. The monoisotopic (exact) mass is 401 g/mol. The predicted molar refractivity (Wildman–Crippen MR) is 111 cm³/mol. The summed E-state index contributed by atoms with van der Waals surface area (Å²) in [7, 11) is 1.61. The Morgan fingerprint density at radius 1 is 1.18 bits per heavy atom. The summed E-state index contributed by atoms with van der Waals surface area (Å²) in [5, 5.41) is 9.38. The highest BCUT2D eigenvalue weighted by atomic mass is 35.5. The molecular weight excluding hydrogens is 378 g/mol. The van der Waals surface area contributed by atoms with Crippen LogP contribution in [0.4, 0.5) is 0 Å². The van der Waals surface area contributed by atoms with E-state index in [2.05, 4.69) is 6.08 Å². The van der Waals surface area contributed by atoms with Gasteiger partial charge in [-0.3, -0.25) is 10.0 Å². The summed E-state index contributed by atoms with van der Waals surface area (Å²) in [5.41, 5.74) is 5.30. The summed E-state index contributed by atoms with van der Waals surface area (Å²) >= 11 is 5.94.